The van der Waals surface area contributed by atoms with Crippen LogP contribution in [0.4, 0.5) is 14.4 Å². The number of carbonyl (C=O) groups excluding carboxylic acids is 3. The Balaban J connectivity index is 2.77. The lowest BCUT2D eigenvalue weighted by Gasteiger charge is -2.24. The standard InChI is InChI=1S/C12H22N4O7P2/c1-12(2,3)21-11(20)16-4-6(7(17)5-16)13-8(14-9(18)22-24)15-10(19)23-25/h6-7,17H,4-5,24-25H2,1-3H3,(H2,13,14,15,18,19)/t6-,7-/m1/s1. The van der Waals surface area contributed by atoms with Gasteiger partial charge in [-0.05, 0) is 20.8 Å². The van der Waals surface area contributed by atoms with Gasteiger partial charge in [-0.3, -0.25) is 5.32 Å². The monoisotopic (exact) mass is 396 g/mol. The van der Waals surface area contributed by atoms with Gasteiger partial charge in [0.25, 0.3) is 0 Å². The molecule has 0 radical (unpaired) electrons. The van der Waals surface area contributed by atoms with E-state index >= 15 is 0 Å². The molecule has 11 nitrogen and oxygen atoms in total. The van der Waals surface area contributed by atoms with Crippen molar-refractivity contribution < 1.29 is 33.3 Å². The maximum Gasteiger partial charge on any atom is 0.439 e. The van der Waals surface area contributed by atoms with E-state index in [-0.39, 0.29) is 19.0 Å². The molecule has 0 aromatic rings. The van der Waals surface area contributed by atoms with Crippen molar-refractivity contribution in [3.8, 4) is 0 Å². The predicted molar refractivity (Wildman–Crippen MR) is 93.7 cm³/mol. The summed E-state index contributed by atoms with van der Waals surface area (Å²) >= 11 is 0. The topological polar surface area (TPSA) is 139 Å². The smallest absolute Gasteiger partial charge is 0.439 e. The molecule has 0 aliphatic carbocycles. The highest BCUT2D eigenvalue weighted by Gasteiger charge is 2.37. The van der Waals surface area contributed by atoms with E-state index in [0.29, 0.717) is 0 Å². The molecule has 1 aliphatic heterocycles. The van der Waals surface area contributed by atoms with E-state index in [2.05, 4.69) is 24.7 Å². The summed E-state index contributed by atoms with van der Waals surface area (Å²) in [6.07, 6.45) is -3.48. The SMILES string of the molecule is CC(C)(C)OC(=O)N1C[C@@H](O)[C@H](NC(=NC(=O)OP)NC(=O)OP)C1. The van der Waals surface area contributed by atoms with Crippen LogP contribution in [0.25, 0.3) is 0 Å². The second-order valence-corrected chi connectivity index (χ2v) is 6.55. The van der Waals surface area contributed by atoms with Gasteiger partial charge in [-0.15, -0.1) is 4.99 Å². The van der Waals surface area contributed by atoms with Crippen molar-refractivity contribution in [3.05, 3.63) is 0 Å². The van der Waals surface area contributed by atoms with Gasteiger partial charge in [0.1, 0.15) is 5.60 Å². The molecule has 142 valence electrons. The van der Waals surface area contributed by atoms with Gasteiger partial charge in [0.05, 0.1) is 37.6 Å². The third-order valence-electron chi connectivity index (χ3n) is 2.89. The van der Waals surface area contributed by atoms with Crippen molar-refractivity contribution in [1.29, 1.82) is 0 Å². The summed E-state index contributed by atoms with van der Waals surface area (Å²) in [6.45, 7) is 5.27. The molecule has 1 rings (SSSR count). The summed E-state index contributed by atoms with van der Waals surface area (Å²) in [5.41, 5.74) is -0.674. The van der Waals surface area contributed by atoms with Crippen LogP contribution in [0, 0.1) is 0 Å². The van der Waals surface area contributed by atoms with Gasteiger partial charge in [-0.2, -0.15) is 0 Å². The second-order valence-electron chi connectivity index (χ2n) is 6.08. The van der Waals surface area contributed by atoms with Crippen LogP contribution in [0.3, 0.4) is 0 Å². The van der Waals surface area contributed by atoms with Gasteiger partial charge in [-0.25, -0.2) is 14.4 Å². The van der Waals surface area contributed by atoms with Crippen LogP contribution in [0.1, 0.15) is 20.8 Å². The van der Waals surface area contributed by atoms with Crippen LogP contribution in [-0.4, -0.2) is 65.1 Å². The fourth-order valence-corrected chi connectivity index (χ4v) is 2.03. The van der Waals surface area contributed by atoms with Crippen LogP contribution < -0.4 is 10.6 Å². The molecule has 13 heteroatoms. The van der Waals surface area contributed by atoms with E-state index in [1.54, 1.807) is 39.7 Å². The number of likely N-dealkylation sites (tertiary alicyclic amines) is 1. The first-order valence-corrected chi connectivity index (χ1v) is 8.09. The molecular formula is C12H22N4O7P2. The summed E-state index contributed by atoms with van der Waals surface area (Å²) in [5.74, 6) is -0.296. The first kappa shape index (κ1) is 21.3. The molecule has 4 atom stereocenters. The Morgan fingerprint density at radius 3 is 2.36 bits per heavy atom. The first-order valence-electron chi connectivity index (χ1n) is 7.15. The number of hydrogen-bond donors (Lipinski definition) is 3. The highest BCUT2D eigenvalue weighted by molar-refractivity contribution is 7.11. The average Bonchev–Trinajstić information content (AvgIpc) is 2.86. The predicted octanol–water partition coefficient (Wildman–Crippen LogP) is 0.355. The summed E-state index contributed by atoms with van der Waals surface area (Å²) in [4.78, 5) is 39.4. The molecule has 0 spiro atoms. The second kappa shape index (κ2) is 9.12. The highest BCUT2D eigenvalue weighted by atomic mass is 31.0. The number of aliphatic imine (C=N–C) groups is 1. The molecule has 3 amide bonds. The number of aliphatic hydroxyl groups excluding tert-OH is 1. The van der Waals surface area contributed by atoms with Gasteiger partial charge in [-0.1, -0.05) is 0 Å². The van der Waals surface area contributed by atoms with Crippen LogP contribution in [0.5, 0.6) is 0 Å². The Morgan fingerprint density at radius 1 is 1.20 bits per heavy atom. The molecule has 1 fully saturated rings. The molecule has 0 saturated carbocycles. The first-order chi connectivity index (χ1) is 11.6. The number of guanidine groups is 1. The minimum Gasteiger partial charge on any atom is -0.444 e. The Labute approximate surface area is 149 Å². The fraction of sp³-hybridized carbons (Fsp3) is 0.667. The van der Waals surface area contributed by atoms with E-state index in [0.717, 1.165) is 0 Å². The zero-order valence-corrected chi connectivity index (χ0v) is 16.3. The molecule has 1 heterocycles. The number of rotatable bonds is 1. The highest BCUT2D eigenvalue weighted by Crippen LogP contribution is 2.16. The summed E-state index contributed by atoms with van der Waals surface area (Å²) in [7, 11) is 3.44. The number of β-amino-alcohol motifs (C(OH)–C–C–N with tert-alkyl or cyclic N) is 1. The average molecular weight is 396 g/mol. The number of aliphatic hydroxyl groups is 1. The third-order valence-corrected chi connectivity index (χ3v) is 3.31. The largest absolute Gasteiger partial charge is 0.444 e. The van der Waals surface area contributed by atoms with E-state index < -0.39 is 36.0 Å². The molecule has 3 N–H and O–H groups in total. The number of hydrogen-bond acceptors (Lipinski definition) is 7. The van der Waals surface area contributed by atoms with E-state index in [1.165, 1.54) is 4.90 Å². The minimum atomic E-state index is -1.01. The summed E-state index contributed by atoms with van der Waals surface area (Å²) in [6, 6.07) is -0.701. The van der Waals surface area contributed by atoms with Crippen molar-refractivity contribution in [3.63, 3.8) is 0 Å². The van der Waals surface area contributed by atoms with Crippen molar-refractivity contribution in [1.82, 2.24) is 15.5 Å². The van der Waals surface area contributed by atoms with Crippen LogP contribution in [0.15, 0.2) is 4.99 Å². The van der Waals surface area contributed by atoms with Gasteiger partial charge in [0.15, 0.2) is 0 Å². The molecule has 25 heavy (non-hydrogen) atoms. The van der Waals surface area contributed by atoms with E-state index in [9.17, 15) is 19.5 Å². The number of ether oxygens (including phenoxy) is 1. The van der Waals surface area contributed by atoms with E-state index in [1.807, 2.05) is 0 Å². The fourth-order valence-electron chi connectivity index (χ4n) is 1.92. The molecule has 1 aliphatic rings. The molecule has 0 aromatic heterocycles. The van der Waals surface area contributed by atoms with Crippen LogP contribution in [-0.2, 0) is 13.8 Å². The Hall–Kier alpha value is -1.70. The Kier molecular flexibility index (Phi) is 7.79. The summed E-state index contributed by atoms with van der Waals surface area (Å²) < 4.78 is 13.9. The number of carbonyl (C=O) groups is 3. The van der Waals surface area contributed by atoms with Gasteiger partial charge >= 0.3 is 18.3 Å². The van der Waals surface area contributed by atoms with Gasteiger partial charge < -0.3 is 29.1 Å². The minimum absolute atomic E-state index is 0.0159. The lowest BCUT2D eigenvalue weighted by atomic mass is 10.2. The molecule has 2 unspecified atom stereocenters. The molecule has 0 bridgehead atoms. The number of nitrogens with zero attached hydrogens (tertiary/aromatic N) is 2. The molecular weight excluding hydrogens is 374 g/mol. The lowest BCUT2D eigenvalue weighted by Crippen LogP contribution is -2.50. The Bertz CT molecular complexity index is 552. The number of amides is 3. The third kappa shape index (κ3) is 7.37. The molecule has 0 aromatic carbocycles. The zero-order valence-electron chi connectivity index (χ0n) is 14.0. The van der Waals surface area contributed by atoms with Crippen molar-refractivity contribution in [2.24, 2.45) is 4.99 Å². The Morgan fingerprint density at radius 2 is 1.84 bits per heavy atom. The maximum atomic E-state index is 12.1. The van der Waals surface area contributed by atoms with Crippen molar-refractivity contribution in [2.45, 2.75) is 38.5 Å². The van der Waals surface area contributed by atoms with E-state index in [4.69, 9.17) is 4.74 Å². The van der Waals surface area contributed by atoms with Crippen molar-refractivity contribution in [2.75, 3.05) is 13.1 Å². The number of nitrogens with one attached hydrogen (secondary N) is 2. The quantitative estimate of drug-likeness (QED) is 0.328. The zero-order chi connectivity index (χ0) is 19.2. The van der Waals surface area contributed by atoms with Crippen LogP contribution >= 0.6 is 18.9 Å². The van der Waals surface area contributed by atoms with Gasteiger partial charge in [0, 0.05) is 6.54 Å². The summed E-state index contributed by atoms with van der Waals surface area (Å²) in [5, 5.41) is 14.9. The van der Waals surface area contributed by atoms with Crippen molar-refractivity contribution >= 4 is 43.2 Å². The lowest BCUT2D eigenvalue weighted by molar-refractivity contribution is 0.0270. The van der Waals surface area contributed by atoms with Gasteiger partial charge in [0.2, 0.25) is 5.96 Å². The maximum absolute atomic E-state index is 12.1. The molecule has 1 saturated heterocycles. The van der Waals surface area contributed by atoms with Crippen LogP contribution in [0.2, 0.25) is 0 Å². The normalized spacial score (nSPS) is 20.7.